The maximum atomic E-state index is 9.03. The average Bonchev–Trinajstić information content (AvgIpc) is 2.66. The number of hydrogen-bond donors (Lipinski definition) is 2. The number of hydrogen-bond acceptors (Lipinski definition) is 3. The Morgan fingerprint density at radius 3 is 2.74 bits per heavy atom. The summed E-state index contributed by atoms with van der Waals surface area (Å²) in [4.78, 5) is 0. The van der Waals surface area contributed by atoms with Crippen molar-refractivity contribution in [2.24, 2.45) is 5.41 Å². The number of furan rings is 1. The summed E-state index contributed by atoms with van der Waals surface area (Å²) in [6.07, 6.45) is 0.811. The molecule has 0 unspecified atom stereocenters. The van der Waals surface area contributed by atoms with E-state index in [9.17, 15) is 0 Å². The lowest BCUT2D eigenvalue weighted by Crippen LogP contribution is -2.30. The van der Waals surface area contributed by atoms with Gasteiger partial charge < -0.3 is 14.8 Å². The third kappa shape index (κ3) is 3.37. The van der Waals surface area contributed by atoms with E-state index in [2.05, 4.69) is 25.2 Å². The first-order valence-electron chi connectivity index (χ1n) is 6.82. The molecular weight excluding hydrogens is 238 g/mol. The summed E-state index contributed by atoms with van der Waals surface area (Å²) in [6, 6.07) is 8.13. The molecular formula is C16H23NO2. The van der Waals surface area contributed by atoms with E-state index in [4.69, 9.17) is 9.52 Å². The molecule has 0 amide bonds. The zero-order valence-electron chi connectivity index (χ0n) is 12.0. The highest BCUT2D eigenvalue weighted by Crippen LogP contribution is 2.25. The van der Waals surface area contributed by atoms with Crippen molar-refractivity contribution in [1.29, 1.82) is 0 Å². The van der Waals surface area contributed by atoms with E-state index in [-0.39, 0.29) is 12.0 Å². The van der Waals surface area contributed by atoms with Gasteiger partial charge in [-0.2, -0.15) is 0 Å². The van der Waals surface area contributed by atoms with Crippen molar-refractivity contribution in [3.63, 3.8) is 0 Å². The van der Waals surface area contributed by atoms with Gasteiger partial charge in [0.25, 0.3) is 0 Å². The van der Waals surface area contributed by atoms with Gasteiger partial charge in [-0.15, -0.1) is 0 Å². The summed E-state index contributed by atoms with van der Waals surface area (Å²) < 4.78 is 5.75. The lowest BCUT2D eigenvalue weighted by molar-refractivity contribution is 0.207. The Morgan fingerprint density at radius 2 is 2.00 bits per heavy atom. The maximum Gasteiger partial charge on any atom is 0.134 e. The molecule has 0 aliphatic carbocycles. The van der Waals surface area contributed by atoms with Crippen LogP contribution in [0.2, 0.25) is 0 Å². The van der Waals surface area contributed by atoms with Gasteiger partial charge in [0.05, 0.1) is 0 Å². The van der Waals surface area contributed by atoms with Crippen LogP contribution in [0.5, 0.6) is 0 Å². The monoisotopic (exact) mass is 261 g/mol. The summed E-state index contributed by atoms with van der Waals surface area (Å²) >= 11 is 0. The number of fused-ring (bicyclic) bond motifs is 1. The van der Waals surface area contributed by atoms with E-state index in [1.165, 1.54) is 10.9 Å². The van der Waals surface area contributed by atoms with Crippen LogP contribution in [0.1, 0.15) is 31.6 Å². The van der Waals surface area contributed by atoms with E-state index < -0.39 is 0 Å². The number of aliphatic hydroxyl groups is 1. The molecule has 19 heavy (non-hydrogen) atoms. The zero-order chi connectivity index (χ0) is 13.9. The zero-order valence-corrected chi connectivity index (χ0v) is 12.0. The molecule has 1 aromatic carbocycles. The van der Waals surface area contributed by atoms with Crippen LogP contribution in [0.15, 0.2) is 28.7 Å². The van der Waals surface area contributed by atoms with Gasteiger partial charge in [-0.25, -0.2) is 0 Å². The van der Waals surface area contributed by atoms with E-state index in [0.717, 1.165) is 30.9 Å². The van der Waals surface area contributed by atoms with Gasteiger partial charge in [0.2, 0.25) is 0 Å². The minimum absolute atomic E-state index is 0.113. The smallest absolute Gasteiger partial charge is 0.134 e. The summed E-state index contributed by atoms with van der Waals surface area (Å²) in [5.74, 6) is 0.980. The Hall–Kier alpha value is -1.32. The second-order valence-electron chi connectivity index (χ2n) is 5.87. The molecule has 2 aromatic rings. The van der Waals surface area contributed by atoms with Crippen molar-refractivity contribution >= 4 is 11.0 Å². The summed E-state index contributed by atoms with van der Waals surface area (Å²) in [5.41, 5.74) is 2.30. The van der Waals surface area contributed by atoms with Crippen LogP contribution in [0.25, 0.3) is 11.0 Å². The molecule has 0 radical (unpaired) electrons. The van der Waals surface area contributed by atoms with Crippen molar-refractivity contribution < 1.29 is 9.52 Å². The van der Waals surface area contributed by atoms with E-state index in [1.807, 2.05) is 25.1 Å². The molecule has 0 spiro atoms. The highest BCUT2D eigenvalue weighted by Gasteiger charge is 2.17. The number of benzene rings is 1. The lowest BCUT2D eigenvalue weighted by Gasteiger charge is -2.23. The van der Waals surface area contributed by atoms with Gasteiger partial charge in [0, 0.05) is 30.6 Å². The van der Waals surface area contributed by atoms with Gasteiger partial charge in [-0.1, -0.05) is 32.0 Å². The molecule has 1 heterocycles. The molecule has 0 saturated heterocycles. The fraction of sp³-hybridized carbons (Fsp3) is 0.500. The van der Waals surface area contributed by atoms with Crippen LogP contribution in [-0.2, 0) is 6.54 Å². The van der Waals surface area contributed by atoms with Crippen molar-refractivity contribution in [3.8, 4) is 0 Å². The number of aliphatic hydroxyl groups excluding tert-OH is 1. The van der Waals surface area contributed by atoms with Crippen molar-refractivity contribution in [2.45, 2.75) is 33.7 Å². The largest absolute Gasteiger partial charge is 0.461 e. The third-order valence-electron chi connectivity index (χ3n) is 3.59. The Kier molecular flexibility index (Phi) is 4.27. The highest BCUT2D eigenvalue weighted by molar-refractivity contribution is 5.82. The molecule has 2 N–H and O–H groups in total. The van der Waals surface area contributed by atoms with Crippen molar-refractivity contribution in [3.05, 3.63) is 35.6 Å². The Morgan fingerprint density at radius 1 is 1.26 bits per heavy atom. The normalized spacial score (nSPS) is 12.2. The van der Waals surface area contributed by atoms with Gasteiger partial charge >= 0.3 is 0 Å². The second-order valence-corrected chi connectivity index (χ2v) is 5.87. The topological polar surface area (TPSA) is 45.4 Å². The standard InChI is InChI=1S/C16H23NO2/c1-12-14(10-17-11-16(2,3)8-9-18)13-6-4-5-7-15(13)19-12/h4-7,17-18H,8-11H2,1-3H3. The fourth-order valence-corrected chi connectivity index (χ4v) is 2.36. The quantitative estimate of drug-likeness (QED) is 0.839. The maximum absolute atomic E-state index is 9.03. The Balaban J connectivity index is 2.04. The van der Waals surface area contributed by atoms with Crippen LogP contribution in [0, 0.1) is 12.3 Å². The SMILES string of the molecule is Cc1oc2ccccc2c1CNCC(C)(C)CCO. The predicted octanol–water partition coefficient (Wildman–Crippen LogP) is 3.24. The van der Waals surface area contributed by atoms with E-state index in [0.29, 0.717) is 0 Å². The number of rotatable bonds is 6. The highest BCUT2D eigenvalue weighted by atomic mass is 16.3. The minimum Gasteiger partial charge on any atom is -0.461 e. The summed E-state index contributed by atoms with van der Waals surface area (Å²) in [5, 5.41) is 13.7. The molecule has 3 nitrogen and oxygen atoms in total. The van der Waals surface area contributed by atoms with Crippen molar-refractivity contribution in [2.75, 3.05) is 13.2 Å². The van der Waals surface area contributed by atoms with E-state index >= 15 is 0 Å². The molecule has 0 aliphatic heterocycles. The van der Waals surface area contributed by atoms with Crippen molar-refractivity contribution in [1.82, 2.24) is 5.32 Å². The fourth-order valence-electron chi connectivity index (χ4n) is 2.36. The third-order valence-corrected chi connectivity index (χ3v) is 3.59. The Labute approximate surface area is 114 Å². The molecule has 2 rings (SSSR count). The van der Waals surface area contributed by atoms with Gasteiger partial charge in [0.1, 0.15) is 11.3 Å². The minimum atomic E-state index is 0.113. The first-order valence-corrected chi connectivity index (χ1v) is 6.82. The van der Waals surface area contributed by atoms with Gasteiger partial charge in [-0.05, 0) is 24.8 Å². The summed E-state index contributed by atoms with van der Waals surface area (Å²) in [7, 11) is 0. The average molecular weight is 261 g/mol. The first kappa shape index (κ1) is 14.1. The molecule has 0 aliphatic rings. The van der Waals surface area contributed by atoms with Crippen LogP contribution >= 0.6 is 0 Å². The lowest BCUT2D eigenvalue weighted by atomic mass is 9.89. The van der Waals surface area contributed by atoms with Crippen LogP contribution in [-0.4, -0.2) is 18.3 Å². The van der Waals surface area contributed by atoms with E-state index in [1.54, 1.807) is 0 Å². The molecule has 0 saturated carbocycles. The first-order chi connectivity index (χ1) is 9.03. The molecule has 104 valence electrons. The Bertz CT molecular complexity index is 543. The van der Waals surface area contributed by atoms with Gasteiger partial charge in [0.15, 0.2) is 0 Å². The van der Waals surface area contributed by atoms with Crippen LogP contribution in [0.3, 0.4) is 0 Å². The molecule has 3 heteroatoms. The number of para-hydroxylation sites is 1. The summed E-state index contributed by atoms with van der Waals surface area (Å²) in [6.45, 7) is 8.26. The molecule has 1 aromatic heterocycles. The van der Waals surface area contributed by atoms with Gasteiger partial charge in [-0.3, -0.25) is 0 Å². The second kappa shape index (κ2) is 5.76. The predicted molar refractivity (Wildman–Crippen MR) is 78.1 cm³/mol. The molecule has 0 bridgehead atoms. The number of aryl methyl sites for hydroxylation is 1. The van der Waals surface area contributed by atoms with Crippen LogP contribution in [0.4, 0.5) is 0 Å². The van der Waals surface area contributed by atoms with Crippen LogP contribution < -0.4 is 5.32 Å². The molecule has 0 atom stereocenters. The molecule has 0 fully saturated rings. The number of nitrogens with one attached hydrogen (secondary N) is 1.